The SMILES string of the molecule is CCCNCc1c(F)cccc1Sc1nncs1. The number of benzene rings is 1. The van der Waals surface area contributed by atoms with E-state index < -0.39 is 0 Å². The molecule has 1 heterocycles. The lowest BCUT2D eigenvalue weighted by molar-refractivity contribution is 0.578. The normalized spacial score (nSPS) is 10.8. The van der Waals surface area contributed by atoms with E-state index in [-0.39, 0.29) is 5.82 Å². The van der Waals surface area contributed by atoms with E-state index in [0.717, 1.165) is 22.2 Å². The topological polar surface area (TPSA) is 37.8 Å². The summed E-state index contributed by atoms with van der Waals surface area (Å²) in [6.07, 6.45) is 1.04. The Labute approximate surface area is 114 Å². The number of nitrogens with zero attached hydrogens (tertiary/aromatic N) is 2. The molecule has 96 valence electrons. The lowest BCUT2D eigenvalue weighted by Crippen LogP contribution is -2.15. The summed E-state index contributed by atoms with van der Waals surface area (Å²) in [6, 6.07) is 5.13. The van der Waals surface area contributed by atoms with Crippen LogP contribution >= 0.6 is 23.1 Å². The first-order valence-corrected chi connectivity index (χ1v) is 7.43. The first kappa shape index (κ1) is 13.5. The third-order valence-corrected chi connectivity index (χ3v) is 4.22. The van der Waals surface area contributed by atoms with Gasteiger partial charge in [0.2, 0.25) is 0 Å². The predicted molar refractivity (Wildman–Crippen MR) is 72.4 cm³/mol. The lowest BCUT2D eigenvalue weighted by Gasteiger charge is -2.09. The molecule has 0 aliphatic heterocycles. The van der Waals surface area contributed by atoms with E-state index in [2.05, 4.69) is 22.4 Å². The molecule has 1 N–H and O–H groups in total. The van der Waals surface area contributed by atoms with Crippen molar-refractivity contribution in [2.24, 2.45) is 0 Å². The fourth-order valence-corrected chi connectivity index (χ4v) is 3.08. The molecule has 0 saturated carbocycles. The van der Waals surface area contributed by atoms with Crippen molar-refractivity contribution in [3.05, 3.63) is 35.1 Å². The van der Waals surface area contributed by atoms with Crippen LogP contribution in [0.15, 0.2) is 32.9 Å². The van der Waals surface area contributed by atoms with Crippen LogP contribution in [0.4, 0.5) is 4.39 Å². The minimum atomic E-state index is -0.173. The van der Waals surface area contributed by atoms with Gasteiger partial charge in [-0.3, -0.25) is 0 Å². The van der Waals surface area contributed by atoms with Crippen LogP contribution in [0.2, 0.25) is 0 Å². The highest BCUT2D eigenvalue weighted by Gasteiger charge is 2.10. The van der Waals surface area contributed by atoms with E-state index in [9.17, 15) is 4.39 Å². The second-order valence-electron chi connectivity index (χ2n) is 3.70. The summed E-state index contributed by atoms with van der Waals surface area (Å²) in [5.41, 5.74) is 2.38. The molecule has 2 aromatic rings. The van der Waals surface area contributed by atoms with Gasteiger partial charge in [-0.25, -0.2) is 4.39 Å². The molecule has 18 heavy (non-hydrogen) atoms. The maximum Gasteiger partial charge on any atom is 0.178 e. The second-order valence-corrected chi connectivity index (χ2v) is 5.82. The van der Waals surface area contributed by atoms with Crippen LogP contribution in [0, 0.1) is 5.82 Å². The van der Waals surface area contributed by atoms with Gasteiger partial charge in [0.15, 0.2) is 4.34 Å². The number of rotatable bonds is 6. The minimum absolute atomic E-state index is 0.173. The van der Waals surface area contributed by atoms with Crippen molar-refractivity contribution in [1.29, 1.82) is 0 Å². The van der Waals surface area contributed by atoms with Crippen LogP contribution in [0.25, 0.3) is 0 Å². The summed E-state index contributed by atoms with van der Waals surface area (Å²) in [5.74, 6) is -0.173. The van der Waals surface area contributed by atoms with Crippen molar-refractivity contribution in [1.82, 2.24) is 15.5 Å². The number of halogens is 1. The monoisotopic (exact) mass is 283 g/mol. The Bertz CT molecular complexity index is 488. The molecule has 1 aromatic carbocycles. The van der Waals surface area contributed by atoms with Gasteiger partial charge in [0.05, 0.1) is 0 Å². The molecule has 1 aromatic heterocycles. The highest BCUT2D eigenvalue weighted by Crippen LogP contribution is 2.32. The van der Waals surface area contributed by atoms with Crippen molar-refractivity contribution in [3.8, 4) is 0 Å². The molecule has 0 aliphatic carbocycles. The summed E-state index contributed by atoms with van der Waals surface area (Å²) in [7, 11) is 0. The summed E-state index contributed by atoms with van der Waals surface area (Å²) in [6.45, 7) is 3.52. The van der Waals surface area contributed by atoms with Gasteiger partial charge in [-0.1, -0.05) is 36.1 Å². The highest BCUT2D eigenvalue weighted by molar-refractivity contribution is 8.01. The number of nitrogens with one attached hydrogen (secondary N) is 1. The van der Waals surface area contributed by atoms with Gasteiger partial charge in [-0.05, 0) is 25.1 Å². The van der Waals surface area contributed by atoms with Gasteiger partial charge in [0.1, 0.15) is 11.3 Å². The first-order valence-electron chi connectivity index (χ1n) is 5.73. The molecular weight excluding hydrogens is 269 g/mol. The molecule has 0 radical (unpaired) electrons. The predicted octanol–water partition coefficient (Wildman–Crippen LogP) is 3.33. The molecular formula is C12H14FN3S2. The third-order valence-electron chi connectivity index (χ3n) is 2.34. The van der Waals surface area contributed by atoms with Gasteiger partial charge in [0, 0.05) is 17.0 Å². The van der Waals surface area contributed by atoms with Gasteiger partial charge in [0.25, 0.3) is 0 Å². The maximum atomic E-state index is 13.8. The Balaban J connectivity index is 2.15. The fraction of sp³-hybridized carbons (Fsp3) is 0.333. The molecule has 3 nitrogen and oxygen atoms in total. The zero-order valence-electron chi connectivity index (χ0n) is 10.0. The summed E-state index contributed by atoms with van der Waals surface area (Å²) < 4.78 is 14.7. The van der Waals surface area contributed by atoms with Crippen LogP contribution in [-0.2, 0) is 6.54 Å². The Kier molecular flexibility index (Phi) is 5.10. The molecule has 0 fully saturated rings. The quantitative estimate of drug-likeness (QED) is 0.825. The van der Waals surface area contributed by atoms with Crippen LogP contribution in [0.5, 0.6) is 0 Å². The number of hydrogen-bond donors (Lipinski definition) is 1. The molecule has 6 heteroatoms. The summed E-state index contributed by atoms with van der Waals surface area (Å²) >= 11 is 2.92. The Morgan fingerprint density at radius 2 is 2.33 bits per heavy atom. The smallest absolute Gasteiger partial charge is 0.178 e. The third kappa shape index (κ3) is 3.51. The van der Waals surface area contributed by atoms with Crippen LogP contribution in [-0.4, -0.2) is 16.7 Å². The van der Waals surface area contributed by atoms with E-state index in [4.69, 9.17) is 0 Å². The summed E-state index contributed by atoms with van der Waals surface area (Å²) in [4.78, 5) is 0.898. The lowest BCUT2D eigenvalue weighted by atomic mass is 10.2. The number of hydrogen-bond acceptors (Lipinski definition) is 5. The van der Waals surface area contributed by atoms with Crippen molar-refractivity contribution >= 4 is 23.1 Å². The molecule has 0 unspecified atom stereocenters. The van der Waals surface area contributed by atoms with Gasteiger partial charge < -0.3 is 5.32 Å². The average Bonchev–Trinajstić information content (AvgIpc) is 2.86. The van der Waals surface area contributed by atoms with Gasteiger partial charge in [-0.2, -0.15) is 0 Å². The Hall–Kier alpha value is -0.980. The van der Waals surface area contributed by atoms with E-state index in [1.165, 1.54) is 29.2 Å². The first-order chi connectivity index (χ1) is 8.81. The van der Waals surface area contributed by atoms with Gasteiger partial charge >= 0.3 is 0 Å². The van der Waals surface area contributed by atoms with Crippen molar-refractivity contribution in [3.63, 3.8) is 0 Å². The molecule has 0 atom stereocenters. The average molecular weight is 283 g/mol. The molecule has 0 saturated heterocycles. The van der Waals surface area contributed by atoms with E-state index in [0.29, 0.717) is 12.1 Å². The van der Waals surface area contributed by atoms with E-state index in [1.807, 2.05) is 6.07 Å². The van der Waals surface area contributed by atoms with Crippen molar-refractivity contribution in [2.75, 3.05) is 6.54 Å². The van der Waals surface area contributed by atoms with Crippen molar-refractivity contribution < 1.29 is 4.39 Å². The standard InChI is InChI=1S/C12H14FN3S2/c1-2-6-14-7-9-10(13)4-3-5-11(9)18-12-16-15-8-17-12/h3-5,8,14H,2,6-7H2,1H3. The fourth-order valence-electron chi connectivity index (χ4n) is 1.50. The van der Waals surface area contributed by atoms with Crippen LogP contribution in [0.3, 0.4) is 0 Å². The van der Waals surface area contributed by atoms with Crippen LogP contribution in [0.1, 0.15) is 18.9 Å². The van der Waals surface area contributed by atoms with Crippen LogP contribution < -0.4 is 5.32 Å². The molecule has 0 spiro atoms. The largest absolute Gasteiger partial charge is 0.313 e. The Morgan fingerprint density at radius 3 is 3.06 bits per heavy atom. The minimum Gasteiger partial charge on any atom is -0.313 e. The zero-order chi connectivity index (χ0) is 12.8. The van der Waals surface area contributed by atoms with Crippen molar-refractivity contribution in [2.45, 2.75) is 29.1 Å². The highest BCUT2D eigenvalue weighted by atomic mass is 32.2. The molecule has 0 aliphatic rings. The summed E-state index contributed by atoms with van der Waals surface area (Å²) in [5, 5.41) is 11.0. The Morgan fingerprint density at radius 1 is 1.44 bits per heavy atom. The molecule has 2 rings (SSSR count). The zero-order valence-corrected chi connectivity index (χ0v) is 11.7. The number of aromatic nitrogens is 2. The van der Waals surface area contributed by atoms with E-state index >= 15 is 0 Å². The van der Waals surface area contributed by atoms with Gasteiger partial charge in [-0.15, -0.1) is 10.2 Å². The second kappa shape index (κ2) is 6.82. The van der Waals surface area contributed by atoms with E-state index in [1.54, 1.807) is 11.6 Å². The molecule has 0 amide bonds. The maximum absolute atomic E-state index is 13.8. The molecule has 0 bridgehead atoms.